The van der Waals surface area contributed by atoms with Crippen LogP contribution in [-0.2, 0) is 44.7 Å². The molecule has 5 N–H and O–H groups in total. The van der Waals surface area contributed by atoms with E-state index in [1.807, 2.05) is 0 Å². The molecule has 304 valence electrons. The Balaban J connectivity index is 1.50. The first-order valence-corrected chi connectivity index (χ1v) is 21.7. The van der Waals surface area contributed by atoms with Crippen molar-refractivity contribution in [2.24, 2.45) is 10.2 Å². The minimum Gasteiger partial charge on any atom is -0.505 e. The van der Waals surface area contributed by atoms with E-state index in [1.54, 1.807) is 13.0 Å². The highest BCUT2D eigenvalue weighted by atomic mass is 32.3. The van der Waals surface area contributed by atoms with E-state index < -0.39 is 79.7 Å². The van der Waals surface area contributed by atoms with Gasteiger partial charge >= 0.3 is 16.4 Å². The van der Waals surface area contributed by atoms with Crippen LogP contribution >= 0.6 is 0 Å². The van der Waals surface area contributed by atoms with E-state index in [4.69, 9.17) is 14.0 Å². The summed E-state index contributed by atoms with van der Waals surface area (Å²) in [5, 5.41) is 21.5. The Morgan fingerprint density at radius 3 is 2.14 bits per heavy atom. The molecule has 0 unspecified atom stereocenters. The van der Waals surface area contributed by atoms with E-state index in [9.17, 15) is 47.9 Å². The Hall–Kier alpha value is -5.61. The molecule has 0 fully saturated rings. The van der Waals surface area contributed by atoms with Gasteiger partial charge in [0.25, 0.3) is 20.2 Å². The highest BCUT2D eigenvalue weighted by Crippen LogP contribution is 2.43. The van der Waals surface area contributed by atoms with Crippen LogP contribution in [0.3, 0.4) is 0 Å². The third-order valence-electron chi connectivity index (χ3n) is 7.70. The zero-order valence-corrected chi connectivity index (χ0v) is 32.8. The topological polar surface area (TPSA) is 324 Å². The van der Waals surface area contributed by atoms with E-state index in [0.29, 0.717) is 5.69 Å². The van der Waals surface area contributed by atoms with Crippen LogP contribution in [-0.4, -0.2) is 101 Å². The standard InChI is InChI=1S/C31H31N7O15S4/c1-4-38(20-6-5-7-22(16-20)54(40,41)13-12-53-57(48,49)50)30-33-29(34-31(35-30)52-3)32-19-8-10-23-18(14-19)15-26(56(45,46)47)27(28(23)39)37-36-24-11-9-21(51-2)17-25(24)55(42,43)44/h5-11,14-17,39H,4,12-13H2,1-3H3,(H,42,43,44)(H,45,46,47)(H,48,49,50)(H,32,33,34,35). The Labute approximate surface area is 325 Å². The van der Waals surface area contributed by atoms with Crippen LogP contribution < -0.4 is 19.7 Å². The summed E-state index contributed by atoms with van der Waals surface area (Å²) in [4.78, 5) is 12.5. The Bertz CT molecular complexity index is 2840. The van der Waals surface area contributed by atoms with Gasteiger partial charge < -0.3 is 24.8 Å². The number of phenolic OH excluding ortho intramolecular Hbond substituents is 1. The summed E-state index contributed by atoms with van der Waals surface area (Å²) in [6.45, 7) is 1.07. The first-order valence-electron chi connectivity index (χ1n) is 15.8. The first kappa shape index (κ1) is 42.5. The van der Waals surface area contributed by atoms with Crippen LogP contribution in [0.4, 0.5) is 34.6 Å². The Kier molecular flexibility index (Phi) is 12.3. The van der Waals surface area contributed by atoms with Gasteiger partial charge in [-0.15, -0.1) is 10.2 Å². The fourth-order valence-corrected chi connectivity index (χ4v) is 7.95. The first-order chi connectivity index (χ1) is 26.6. The number of ether oxygens (including phenoxy) is 2. The molecule has 1 aromatic heterocycles. The van der Waals surface area contributed by atoms with E-state index in [0.717, 1.165) is 18.2 Å². The number of rotatable bonds is 16. The molecule has 4 aromatic carbocycles. The number of aromatic nitrogens is 3. The number of azo groups is 1. The Morgan fingerprint density at radius 2 is 1.51 bits per heavy atom. The molecular formula is C31H31N7O15S4. The summed E-state index contributed by atoms with van der Waals surface area (Å²) in [5.41, 5.74) is -0.691. The highest BCUT2D eigenvalue weighted by molar-refractivity contribution is 7.91. The molecule has 0 aliphatic rings. The third kappa shape index (κ3) is 10.2. The number of nitrogens with one attached hydrogen (secondary N) is 1. The summed E-state index contributed by atoms with van der Waals surface area (Å²) >= 11 is 0. The predicted octanol–water partition coefficient (Wildman–Crippen LogP) is 4.15. The number of hydrogen-bond acceptors (Lipinski definition) is 19. The second-order valence-electron chi connectivity index (χ2n) is 11.4. The second kappa shape index (κ2) is 16.5. The summed E-state index contributed by atoms with van der Waals surface area (Å²) in [7, 11) is -16.4. The number of anilines is 4. The van der Waals surface area contributed by atoms with E-state index in [-0.39, 0.29) is 51.6 Å². The van der Waals surface area contributed by atoms with Crippen molar-refractivity contribution in [2.45, 2.75) is 21.6 Å². The average molecular weight is 870 g/mol. The van der Waals surface area contributed by atoms with Crippen molar-refractivity contribution in [1.29, 1.82) is 0 Å². The molecule has 57 heavy (non-hydrogen) atoms. The molecular weight excluding hydrogens is 839 g/mol. The molecule has 5 aromatic rings. The molecule has 0 saturated carbocycles. The van der Waals surface area contributed by atoms with Crippen molar-refractivity contribution in [1.82, 2.24) is 15.0 Å². The number of hydrogen-bond donors (Lipinski definition) is 5. The molecule has 1 heterocycles. The molecule has 0 aliphatic heterocycles. The quantitative estimate of drug-likeness (QED) is 0.0686. The van der Waals surface area contributed by atoms with Crippen molar-refractivity contribution in [3.05, 3.63) is 66.7 Å². The van der Waals surface area contributed by atoms with Gasteiger partial charge in [0.2, 0.25) is 11.9 Å². The minimum atomic E-state index is -5.10. The second-order valence-corrected chi connectivity index (χ2v) is 17.4. The van der Waals surface area contributed by atoms with Crippen molar-refractivity contribution < 1.29 is 66.1 Å². The normalized spacial score (nSPS) is 12.5. The molecule has 0 bridgehead atoms. The molecule has 0 atom stereocenters. The maximum absolute atomic E-state index is 12.9. The molecule has 0 amide bonds. The molecule has 0 aliphatic carbocycles. The molecule has 26 heteroatoms. The van der Waals surface area contributed by atoms with Crippen LogP contribution in [0.15, 0.2) is 91.6 Å². The number of phenols is 1. The average Bonchev–Trinajstić information content (AvgIpc) is 3.13. The van der Waals surface area contributed by atoms with E-state index >= 15 is 0 Å². The maximum atomic E-state index is 12.9. The van der Waals surface area contributed by atoms with E-state index in [2.05, 4.69) is 34.7 Å². The van der Waals surface area contributed by atoms with Gasteiger partial charge in [0.1, 0.15) is 26.9 Å². The van der Waals surface area contributed by atoms with Crippen LogP contribution in [0.1, 0.15) is 6.92 Å². The summed E-state index contributed by atoms with van der Waals surface area (Å²) in [6.07, 6.45) is 0. The van der Waals surface area contributed by atoms with Crippen LogP contribution in [0, 0.1) is 0 Å². The lowest BCUT2D eigenvalue weighted by atomic mass is 10.1. The number of fused-ring (bicyclic) bond motifs is 1. The van der Waals surface area contributed by atoms with E-state index in [1.165, 1.54) is 61.6 Å². The van der Waals surface area contributed by atoms with Gasteiger partial charge in [0.05, 0.1) is 31.5 Å². The molecule has 5 rings (SSSR count). The van der Waals surface area contributed by atoms with Gasteiger partial charge in [0.15, 0.2) is 15.6 Å². The fraction of sp³-hybridized carbons (Fsp3) is 0.194. The van der Waals surface area contributed by atoms with Gasteiger partial charge in [0, 0.05) is 29.4 Å². The Morgan fingerprint density at radius 1 is 0.789 bits per heavy atom. The predicted molar refractivity (Wildman–Crippen MR) is 201 cm³/mol. The fourth-order valence-electron chi connectivity index (χ4n) is 5.13. The van der Waals surface area contributed by atoms with Crippen LogP contribution in [0.2, 0.25) is 0 Å². The van der Waals surface area contributed by atoms with Crippen molar-refractivity contribution >= 4 is 85.9 Å². The zero-order valence-electron chi connectivity index (χ0n) is 29.6. The van der Waals surface area contributed by atoms with Crippen molar-refractivity contribution in [3.8, 4) is 17.5 Å². The van der Waals surface area contributed by atoms with Crippen LogP contribution in [0.25, 0.3) is 10.8 Å². The zero-order chi connectivity index (χ0) is 41.9. The molecule has 0 spiro atoms. The maximum Gasteiger partial charge on any atom is 0.397 e. The van der Waals surface area contributed by atoms with Gasteiger partial charge in [-0.25, -0.2) is 12.6 Å². The van der Waals surface area contributed by atoms with Crippen LogP contribution in [0.5, 0.6) is 17.5 Å². The summed E-state index contributed by atoms with van der Waals surface area (Å²) < 4.78 is 139. The highest BCUT2D eigenvalue weighted by Gasteiger charge is 2.24. The van der Waals surface area contributed by atoms with Crippen molar-refractivity contribution in [2.75, 3.05) is 43.3 Å². The molecule has 0 radical (unpaired) electrons. The van der Waals surface area contributed by atoms with Gasteiger partial charge in [-0.2, -0.15) is 40.2 Å². The lowest BCUT2D eigenvalue weighted by Gasteiger charge is -2.22. The molecule has 0 saturated heterocycles. The summed E-state index contributed by atoms with van der Waals surface area (Å²) in [6, 6.07) is 13.8. The largest absolute Gasteiger partial charge is 0.505 e. The van der Waals surface area contributed by atoms with Crippen molar-refractivity contribution in [3.63, 3.8) is 0 Å². The number of aromatic hydroxyl groups is 1. The summed E-state index contributed by atoms with van der Waals surface area (Å²) in [5.74, 6) is -1.63. The van der Waals surface area contributed by atoms with Gasteiger partial charge in [-0.1, -0.05) is 6.07 Å². The number of methoxy groups -OCH3 is 2. The smallest absolute Gasteiger partial charge is 0.397 e. The lowest BCUT2D eigenvalue weighted by molar-refractivity contribution is 0.284. The monoisotopic (exact) mass is 869 g/mol. The minimum absolute atomic E-state index is 0.0112. The van der Waals surface area contributed by atoms with Gasteiger partial charge in [-0.3, -0.25) is 13.7 Å². The van der Waals surface area contributed by atoms with Gasteiger partial charge in [-0.05, 0) is 66.9 Å². The number of nitrogens with zero attached hydrogens (tertiary/aromatic N) is 6. The number of sulfone groups is 1. The molecule has 22 nitrogen and oxygen atoms in total. The lowest BCUT2D eigenvalue weighted by Crippen LogP contribution is -2.21. The SMILES string of the molecule is CCN(c1cccc(S(=O)(=O)CCOS(=O)(=O)O)c1)c1nc(Nc2ccc3c(O)c(N=Nc4ccc(OC)cc4S(=O)(=O)O)c(S(=O)(=O)O)cc3c2)nc(OC)n1. The third-order valence-corrected chi connectivity index (χ3v) is 11.6. The number of benzene rings is 4.